The van der Waals surface area contributed by atoms with Crippen LogP contribution in [0.5, 0.6) is 0 Å². The van der Waals surface area contributed by atoms with Crippen LogP contribution in [0, 0.1) is 17.8 Å². The topological polar surface area (TPSA) is 59.8 Å². The Kier molecular flexibility index (Phi) is 5.79. The number of hydrogen-bond acceptors (Lipinski definition) is 4. The van der Waals surface area contributed by atoms with Gasteiger partial charge in [-0.25, -0.2) is 0 Å². The first-order valence-corrected chi connectivity index (χ1v) is 12.4. The first-order valence-electron chi connectivity index (χ1n) is 11.4. The number of thioether (sulfide) groups is 1. The molecule has 0 aliphatic heterocycles. The summed E-state index contributed by atoms with van der Waals surface area (Å²) in [6, 6.07) is 4.65. The molecule has 1 N–H and O–H groups in total. The van der Waals surface area contributed by atoms with Crippen LogP contribution >= 0.6 is 11.8 Å². The molecule has 4 saturated carbocycles. The SMILES string of the molecule is C=CCn1c(SCC(=O)Nc2cccc(C(F)(F)F)c2)nnc1C12CC3CC(CC(C3)C1)C2. The average molecular weight is 477 g/mol. The van der Waals surface area contributed by atoms with Crippen LogP contribution in [0.15, 0.2) is 42.1 Å². The fourth-order valence-electron chi connectivity index (χ4n) is 6.57. The molecule has 6 rings (SSSR count). The maximum Gasteiger partial charge on any atom is 0.416 e. The molecule has 1 heterocycles. The van der Waals surface area contributed by atoms with E-state index >= 15 is 0 Å². The summed E-state index contributed by atoms with van der Waals surface area (Å²) in [5.74, 6) is 3.00. The third-order valence-electron chi connectivity index (χ3n) is 7.35. The van der Waals surface area contributed by atoms with E-state index in [1.807, 2.05) is 6.08 Å². The van der Waals surface area contributed by atoms with E-state index in [0.717, 1.165) is 55.0 Å². The molecular weight excluding hydrogens is 449 g/mol. The summed E-state index contributed by atoms with van der Waals surface area (Å²) >= 11 is 1.26. The first kappa shape index (κ1) is 22.5. The minimum absolute atomic E-state index is 0.0341. The Balaban J connectivity index is 1.29. The molecule has 4 fully saturated rings. The van der Waals surface area contributed by atoms with Crippen molar-refractivity contribution in [2.75, 3.05) is 11.1 Å². The maximum absolute atomic E-state index is 12.9. The molecule has 4 aliphatic rings. The smallest absolute Gasteiger partial charge is 0.325 e. The lowest BCUT2D eigenvalue weighted by Gasteiger charge is -2.56. The van der Waals surface area contributed by atoms with Gasteiger partial charge in [-0.1, -0.05) is 23.9 Å². The summed E-state index contributed by atoms with van der Waals surface area (Å²) < 4.78 is 40.8. The van der Waals surface area contributed by atoms with Crippen molar-refractivity contribution in [2.24, 2.45) is 17.8 Å². The van der Waals surface area contributed by atoms with Crippen LogP contribution in [-0.4, -0.2) is 26.4 Å². The molecule has 0 spiro atoms. The Morgan fingerprint density at radius 2 is 1.85 bits per heavy atom. The molecule has 2 aromatic rings. The lowest BCUT2D eigenvalue weighted by molar-refractivity contribution is -0.137. The van der Waals surface area contributed by atoms with Gasteiger partial charge >= 0.3 is 6.18 Å². The number of anilines is 1. The van der Waals surface area contributed by atoms with Crippen LogP contribution < -0.4 is 5.32 Å². The fourth-order valence-corrected chi connectivity index (χ4v) is 7.31. The Bertz CT molecular complexity index is 1030. The zero-order valence-electron chi connectivity index (χ0n) is 18.3. The van der Waals surface area contributed by atoms with Gasteiger partial charge in [0.25, 0.3) is 0 Å². The molecule has 0 atom stereocenters. The predicted octanol–water partition coefficient (Wildman–Crippen LogP) is 5.68. The number of alkyl halides is 3. The zero-order chi connectivity index (χ0) is 23.2. The quantitative estimate of drug-likeness (QED) is 0.413. The number of allylic oxidation sites excluding steroid dienone is 1. The zero-order valence-corrected chi connectivity index (χ0v) is 19.1. The number of benzene rings is 1. The fraction of sp³-hybridized carbons (Fsp3) is 0.542. The number of aromatic nitrogens is 3. The highest BCUT2D eigenvalue weighted by molar-refractivity contribution is 7.99. The predicted molar refractivity (Wildman–Crippen MR) is 121 cm³/mol. The minimum atomic E-state index is -4.45. The molecular formula is C24H27F3N4OS. The molecule has 1 amide bonds. The standard InChI is InChI=1S/C24H27F3N4OS/c1-2-6-31-21(23-11-15-7-16(12-23)9-17(8-15)13-23)29-30-22(31)33-14-20(32)28-19-5-3-4-18(10-19)24(25,26)27/h2-5,10,15-17H,1,6-9,11-14H2,(H,28,32). The molecule has 4 bridgehead atoms. The summed E-state index contributed by atoms with van der Waals surface area (Å²) in [5.41, 5.74) is -0.597. The summed E-state index contributed by atoms with van der Waals surface area (Å²) in [5, 5.41) is 12.2. The molecule has 33 heavy (non-hydrogen) atoms. The highest BCUT2D eigenvalue weighted by Crippen LogP contribution is 2.60. The lowest BCUT2D eigenvalue weighted by Crippen LogP contribution is -2.49. The van der Waals surface area contributed by atoms with Crippen LogP contribution in [0.2, 0.25) is 0 Å². The number of nitrogens with one attached hydrogen (secondary N) is 1. The van der Waals surface area contributed by atoms with Crippen molar-refractivity contribution in [3.63, 3.8) is 0 Å². The van der Waals surface area contributed by atoms with Gasteiger partial charge in [-0.2, -0.15) is 13.2 Å². The van der Waals surface area contributed by atoms with E-state index in [0.29, 0.717) is 11.7 Å². The Labute approximate surface area is 195 Å². The highest BCUT2D eigenvalue weighted by Gasteiger charge is 2.54. The number of carbonyl (C=O) groups is 1. The maximum atomic E-state index is 12.9. The Morgan fingerprint density at radius 1 is 1.18 bits per heavy atom. The van der Waals surface area contributed by atoms with Crippen molar-refractivity contribution in [1.29, 1.82) is 0 Å². The molecule has 1 aromatic heterocycles. The average Bonchev–Trinajstić information content (AvgIpc) is 3.15. The van der Waals surface area contributed by atoms with Gasteiger partial charge in [0.2, 0.25) is 5.91 Å². The van der Waals surface area contributed by atoms with Crippen LogP contribution in [0.1, 0.15) is 49.9 Å². The van der Waals surface area contributed by atoms with E-state index in [9.17, 15) is 18.0 Å². The van der Waals surface area contributed by atoms with Crippen molar-refractivity contribution < 1.29 is 18.0 Å². The molecule has 0 radical (unpaired) electrons. The highest BCUT2D eigenvalue weighted by atomic mass is 32.2. The van der Waals surface area contributed by atoms with Crippen molar-refractivity contribution in [3.8, 4) is 0 Å². The van der Waals surface area contributed by atoms with Crippen LogP contribution in [0.3, 0.4) is 0 Å². The van der Waals surface area contributed by atoms with Crippen LogP contribution in [0.25, 0.3) is 0 Å². The lowest BCUT2D eigenvalue weighted by atomic mass is 9.49. The molecule has 5 nitrogen and oxygen atoms in total. The van der Waals surface area contributed by atoms with E-state index in [-0.39, 0.29) is 22.8 Å². The number of rotatable bonds is 7. The summed E-state index contributed by atoms with van der Waals surface area (Å²) in [6.45, 7) is 4.46. The molecule has 4 aliphatic carbocycles. The van der Waals surface area contributed by atoms with Crippen molar-refractivity contribution in [3.05, 3.63) is 48.3 Å². The molecule has 9 heteroatoms. The van der Waals surface area contributed by atoms with E-state index in [1.54, 1.807) is 0 Å². The van der Waals surface area contributed by atoms with Gasteiger partial charge < -0.3 is 9.88 Å². The van der Waals surface area contributed by atoms with Crippen molar-refractivity contribution in [2.45, 2.75) is 61.8 Å². The first-order chi connectivity index (χ1) is 15.8. The number of carbonyl (C=O) groups excluding carboxylic acids is 1. The van der Waals surface area contributed by atoms with Gasteiger partial charge in [0.15, 0.2) is 5.16 Å². The summed E-state index contributed by atoms with van der Waals surface area (Å²) in [4.78, 5) is 12.5. The second-order valence-corrected chi connectivity index (χ2v) is 10.8. The normalized spacial score (nSPS) is 28.2. The molecule has 0 unspecified atom stereocenters. The number of hydrogen-bond donors (Lipinski definition) is 1. The van der Waals surface area contributed by atoms with Gasteiger partial charge in [0, 0.05) is 17.6 Å². The monoisotopic (exact) mass is 476 g/mol. The Morgan fingerprint density at radius 3 is 2.45 bits per heavy atom. The van der Waals surface area contributed by atoms with Gasteiger partial charge in [-0.15, -0.1) is 16.8 Å². The second kappa shape index (κ2) is 8.49. The second-order valence-electron chi connectivity index (χ2n) is 9.82. The third-order valence-corrected chi connectivity index (χ3v) is 8.31. The Hall–Kier alpha value is -2.29. The number of halogens is 3. The number of amides is 1. The van der Waals surface area contributed by atoms with Crippen molar-refractivity contribution >= 4 is 23.4 Å². The minimum Gasteiger partial charge on any atom is -0.325 e. The van der Waals surface area contributed by atoms with Crippen molar-refractivity contribution in [1.82, 2.24) is 14.8 Å². The third kappa shape index (κ3) is 4.44. The van der Waals surface area contributed by atoms with E-state index in [4.69, 9.17) is 0 Å². The molecule has 0 saturated heterocycles. The van der Waals surface area contributed by atoms with E-state index in [1.165, 1.54) is 43.2 Å². The van der Waals surface area contributed by atoms with Gasteiger partial charge in [-0.05, 0) is 74.5 Å². The summed E-state index contributed by atoms with van der Waals surface area (Å²) in [6.07, 6.45) is 4.87. The summed E-state index contributed by atoms with van der Waals surface area (Å²) in [7, 11) is 0. The largest absolute Gasteiger partial charge is 0.416 e. The van der Waals surface area contributed by atoms with E-state index in [2.05, 4.69) is 26.7 Å². The molecule has 1 aromatic carbocycles. The van der Waals surface area contributed by atoms with Crippen LogP contribution in [0.4, 0.5) is 18.9 Å². The van der Waals surface area contributed by atoms with Gasteiger partial charge in [-0.3, -0.25) is 4.79 Å². The molecule has 176 valence electrons. The number of nitrogens with zero attached hydrogens (tertiary/aromatic N) is 3. The van der Waals surface area contributed by atoms with Crippen LogP contribution in [-0.2, 0) is 22.9 Å². The van der Waals surface area contributed by atoms with Gasteiger partial charge in [0.1, 0.15) is 5.82 Å². The van der Waals surface area contributed by atoms with Gasteiger partial charge in [0.05, 0.1) is 11.3 Å². The van der Waals surface area contributed by atoms with E-state index < -0.39 is 11.7 Å².